The Bertz CT molecular complexity index is 1320. The molecule has 238 valence electrons. The normalized spacial score (nSPS) is 14.0. The Morgan fingerprint density at radius 3 is 2.27 bits per heavy atom. The Labute approximate surface area is 269 Å². The number of anilines is 1. The molecule has 2 aromatic rings. The van der Waals surface area contributed by atoms with Crippen LogP contribution in [0.4, 0.5) is 5.82 Å². The van der Waals surface area contributed by atoms with E-state index in [1.807, 2.05) is 96.1 Å². The van der Waals surface area contributed by atoms with E-state index in [0.29, 0.717) is 0 Å². The third-order valence-electron chi connectivity index (χ3n) is 6.81. The predicted octanol–water partition coefficient (Wildman–Crippen LogP) is 11.7. The highest BCUT2D eigenvalue weighted by molar-refractivity contribution is 6.02. The monoisotopic (exact) mass is 595 g/mol. The summed E-state index contributed by atoms with van der Waals surface area (Å²) in [5, 5.41) is 0. The lowest BCUT2D eigenvalue weighted by Gasteiger charge is -2.29. The first kappa shape index (κ1) is 40.0. The molecule has 4 heteroatoms. The summed E-state index contributed by atoms with van der Waals surface area (Å²) in [4.78, 5) is 23.8. The molecule has 0 amide bonds. The highest BCUT2D eigenvalue weighted by Crippen LogP contribution is 2.35. The van der Waals surface area contributed by atoms with Gasteiger partial charge < -0.3 is 4.90 Å². The predicted molar refractivity (Wildman–Crippen MR) is 195 cm³/mol. The molecule has 2 aromatic heterocycles. The number of aromatic nitrogens is 2. The quantitative estimate of drug-likeness (QED) is 0.202. The fraction of sp³-hybridized carbons (Fsp3) is 0.375. The molecule has 0 spiro atoms. The highest BCUT2D eigenvalue weighted by Gasteiger charge is 2.35. The van der Waals surface area contributed by atoms with E-state index in [1.54, 1.807) is 12.4 Å². The average molecular weight is 596 g/mol. The Morgan fingerprint density at radius 1 is 1.07 bits per heavy atom. The van der Waals surface area contributed by atoms with E-state index in [4.69, 9.17) is 4.98 Å². The first-order chi connectivity index (χ1) is 21.1. The molecule has 0 unspecified atom stereocenters. The molecule has 0 radical (unpaired) electrons. The van der Waals surface area contributed by atoms with Crippen molar-refractivity contribution in [2.24, 2.45) is 5.41 Å². The summed E-state index contributed by atoms with van der Waals surface area (Å²) in [5.41, 5.74) is 6.54. The van der Waals surface area contributed by atoms with E-state index in [-0.39, 0.29) is 11.2 Å². The van der Waals surface area contributed by atoms with Gasteiger partial charge in [-0.25, -0.2) is 4.98 Å². The molecule has 3 rings (SSSR count). The van der Waals surface area contributed by atoms with E-state index < -0.39 is 0 Å². The van der Waals surface area contributed by atoms with Gasteiger partial charge in [-0.1, -0.05) is 104 Å². The molecule has 2 heterocycles. The summed E-state index contributed by atoms with van der Waals surface area (Å²) in [7, 11) is 0. The maximum atomic E-state index is 12.8. The molecule has 0 fully saturated rings. The zero-order valence-electron chi connectivity index (χ0n) is 29.2. The van der Waals surface area contributed by atoms with Crippen molar-refractivity contribution in [1.82, 2.24) is 9.97 Å². The molecule has 0 saturated heterocycles. The van der Waals surface area contributed by atoms with Gasteiger partial charge >= 0.3 is 0 Å². The number of allylic oxidation sites excluding steroid dienone is 9. The summed E-state index contributed by atoms with van der Waals surface area (Å²) in [6.07, 6.45) is 21.2. The SMILES string of the molecule is C=CCC.C=CN(/C=C(C)/C(=C/C(=C)C/C=C\C)/C=C(\C)c1cccnc1)c1ccc2c(n1)CCC(C)(C)C2=O.CC.CC. The van der Waals surface area contributed by atoms with Crippen LogP contribution < -0.4 is 4.90 Å². The van der Waals surface area contributed by atoms with Crippen LogP contribution in [-0.2, 0) is 6.42 Å². The number of nitrogens with zero attached hydrogens (tertiary/aromatic N) is 3. The second kappa shape index (κ2) is 21.6. The molecular weight excluding hydrogens is 538 g/mol. The van der Waals surface area contributed by atoms with Crippen molar-refractivity contribution >= 4 is 17.2 Å². The number of carbonyl (C=O) groups is 1. The van der Waals surface area contributed by atoms with Crippen molar-refractivity contribution in [2.45, 2.75) is 94.9 Å². The second-order valence-electron chi connectivity index (χ2n) is 10.6. The van der Waals surface area contributed by atoms with E-state index in [2.05, 4.69) is 69.8 Å². The van der Waals surface area contributed by atoms with E-state index in [0.717, 1.165) is 70.6 Å². The molecule has 0 N–H and O–H groups in total. The van der Waals surface area contributed by atoms with Crippen molar-refractivity contribution in [3.8, 4) is 0 Å². The highest BCUT2D eigenvalue weighted by atomic mass is 16.1. The van der Waals surface area contributed by atoms with Crippen molar-refractivity contribution in [3.05, 3.63) is 133 Å². The molecule has 0 saturated carbocycles. The van der Waals surface area contributed by atoms with Crippen molar-refractivity contribution < 1.29 is 4.79 Å². The fourth-order valence-corrected chi connectivity index (χ4v) is 4.17. The van der Waals surface area contributed by atoms with Gasteiger partial charge in [0.15, 0.2) is 5.78 Å². The maximum absolute atomic E-state index is 12.8. The largest absolute Gasteiger partial charge is 0.309 e. The number of Topliss-reactive ketones (excluding diaryl/α,β-unsaturated/α-hetero) is 1. The van der Waals surface area contributed by atoms with Gasteiger partial charge in [0.2, 0.25) is 0 Å². The van der Waals surface area contributed by atoms with E-state index in [9.17, 15) is 4.79 Å². The van der Waals surface area contributed by atoms with Crippen molar-refractivity contribution in [2.75, 3.05) is 4.90 Å². The van der Waals surface area contributed by atoms with Crippen LogP contribution in [0.5, 0.6) is 0 Å². The van der Waals surface area contributed by atoms with Crippen LogP contribution >= 0.6 is 0 Å². The Morgan fingerprint density at radius 2 is 1.73 bits per heavy atom. The first-order valence-corrected chi connectivity index (χ1v) is 15.9. The van der Waals surface area contributed by atoms with Gasteiger partial charge in [0.25, 0.3) is 0 Å². The lowest BCUT2D eigenvalue weighted by Crippen LogP contribution is -2.31. The Hall–Kier alpha value is -4.05. The second-order valence-corrected chi connectivity index (χ2v) is 10.6. The third-order valence-corrected chi connectivity index (χ3v) is 6.81. The van der Waals surface area contributed by atoms with Gasteiger partial charge in [0, 0.05) is 35.8 Å². The molecule has 4 nitrogen and oxygen atoms in total. The summed E-state index contributed by atoms with van der Waals surface area (Å²) >= 11 is 0. The van der Waals surface area contributed by atoms with Crippen LogP contribution in [0.2, 0.25) is 0 Å². The van der Waals surface area contributed by atoms with E-state index in [1.165, 1.54) is 0 Å². The summed E-state index contributed by atoms with van der Waals surface area (Å²) in [6.45, 7) is 32.0. The lowest BCUT2D eigenvalue weighted by molar-refractivity contribution is 0.0809. The number of hydrogen-bond acceptors (Lipinski definition) is 4. The topological polar surface area (TPSA) is 46.1 Å². The molecule has 1 aliphatic carbocycles. The number of aryl methyl sites for hydroxylation is 1. The minimum absolute atomic E-state index is 0.167. The molecule has 44 heavy (non-hydrogen) atoms. The summed E-state index contributed by atoms with van der Waals surface area (Å²) in [5.74, 6) is 0.913. The average Bonchev–Trinajstić information content (AvgIpc) is 3.06. The molecule has 0 bridgehead atoms. The van der Waals surface area contributed by atoms with Gasteiger partial charge in [-0.05, 0) is 86.9 Å². The number of fused-ring (bicyclic) bond motifs is 1. The van der Waals surface area contributed by atoms with Crippen LogP contribution in [-0.4, -0.2) is 15.8 Å². The number of pyridine rings is 2. The van der Waals surface area contributed by atoms with Gasteiger partial charge in [-0.15, -0.1) is 6.58 Å². The van der Waals surface area contributed by atoms with Crippen LogP contribution in [0.15, 0.2) is 116 Å². The maximum Gasteiger partial charge on any atom is 0.170 e. The summed E-state index contributed by atoms with van der Waals surface area (Å²) < 4.78 is 0. The lowest BCUT2D eigenvalue weighted by atomic mass is 9.75. The van der Waals surface area contributed by atoms with Gasteiger partial charge in [-0.3, -0.25) is 9.78 Å². The molecule has 0 aromatic carbocycles. The smallest absolute Gasteiger partial charge is 0.170 e. The first-order valence-electron chi connectivity index (χ1n) is 15.9. The minimum Gasteiger partial charge on any atom is -0.309 e. The van der Waals surface area contributed by atoms with E-state index >= 15 is 0 Å². The number of carbonyl (C=O) groups excluding carboxylic acids is 1. The van der Waals surface area contributed by atoms with Gasteiger partial charge in [-0.2, -0.15) is 0 Å². The van der Waals surface area contributed by atoms with Crippen molar-refractivity contribution in [3.63, 3.8) is 0 Å². The van der Waals surface area contributed by atoms with Crippen LogP contribution in [0.3, 0.4) is 0 Å². The van der Waals surface area contributed by atoms with Crippen LogP contribution in [0.25, 0.3) is 5.57 Å². The number of ketones is 1. The van der Waals surface area contributed by atoms with Gasteiger partial charge in [0.05, 0.1) is 5.69 Å². The number of hydrogen-bond donors (Lipinski definition) is 0. The Balaban J connectivity index is 0.00000210. The van der Waals surface area contributed by atoms with Gasteiger partial charge in [0.1, 0.15) is 5.82 Å². The molecule has 1 aliphatic rings. The fourth-order valence-electron chi connectivity index (χ4n) is 4.17. The van der Waals surface area contributed by atoms with Crippen LogP contribution in [0.1, 0.15) is 110 Å². The Kier molecular flexibility index (Phi) is 19.6. The molecule has 0 atom stereocenters. The zero-order chi connectivity index (χ0) is 33.7. The third kappa shape index (κ3) is 12.7. The summed E-state index contributed by atoms with van der Waals surface area (Å²) in [6, 6.07) is 7.80. The van der Waals surface area contributed by atoms with Crippen LogP contribution in [0, 0.1) is 5.41 Å². The molecular formula is C40H57N3O. The minimum atomic E-state index is -0.335. The number of rotatable bonds is 10. The zero-order valence-corrected chi connectivity index (χ0v) is 29.2. The standard InChI is InChI=1S/C32H37N3O.C4H8.2C2H6/c1-8-10-12-23(3)19-27(20-24(4)26-13-11-18-33-21-26)25(5)22-35(9-2)30-15-14-28-29(34-30)16-17-32(6,7)31(28)36;1-3-4-2;2*1-2/h8-11,13-15,18-22H,2-3,12,16-17H2,1,4-7H3;3H,1,4H2,2H3;2*1-2H3/b10-8-,24-20+,25-22+,27-19+;;;. The molecule has 0 aliphatic heterocycles. The van der Waals surface area contributed by atoms with Crippen molar-refractivity contribution in [1.29, 1.82) is 0 Å².